The molecule has 0 atom stereocenters. The van der Waals surface area contributed by atoms with Gasteiger partial charge in [-0.05, 0) is 31.4 Å². The molecule has 2 rings (SSSR count). The largest absolute Gasteiger partial charge is 0.382 e. The molecule has 1 aromatic rings. The molecule has 90 valence electrons. The molecule has 16 heavy (non-hydrogen) atoms. The predicted molar refractivity (Wildman–Crippen MR) is 70.0 cm³/mol. The number of para-hydroxylation sites is 1. The Hall–Kier alpha value is -1.02. The van der Waals surface area contributed by atoms with Crippen LogP contribution in [0.4, 0.5) is 5.69 Å². The van der Waals surface area contributed by atoms with E-state index in [1.54, 1.807) is 0 Å². The minimum absolute atomic E-state index is 0.588. The van der Waals surface area contributed by atoms with Crippen molar-refractivity contribution in [3.05, 3.63) is 29.8 Å². The van der Waals surface area contributed by atoms with Crippen LogP contribution in [0.25, 0.3) is 0 Å². The second-order valence-corrected chi connectivity index (χ2v) is 3.85. The number of ether oxygens (including phenoxy) is 1. The molecule has 2 nitrogen and oxygen atoms in total. The second kappa shape index (κ2) is 7.29. The van der Waals surface area contributed by atoms with E-state index in [4.69, 9.17) is 4.74 Å². The van der Waals surface area contributed by atoms with Crippen LogP contribution in [-0.4, -0.2) is 19.3 Å². The van der Waals surface area contributed by atoms with Gasteiger partial charge in [-0.3, -0.25) is 0 Å². The normalized spacial score (nSPS) is 16.2. The van der Waals surface area contributed by atoms with Gasteiger partial charge in [-0.15, -0.1) is 0 Å². The van der Waals surface area contributed by atoms with Crippen molar-refractivity contribution < 1.29 is 4.74 Å². The Morgan fingerprint density at radius 3 is 2.38 bits per heavy atom. The molecule has 0 aromatic heterocycles. The lowest BCUT2D eigenvalue weighted by atomic mass is 10.1. The molecular weight excluding hydrogens is 198 g/mol. The molecule has 2 heteroatoms. The van der Waals surface area contributed by atoms with Gasteiger partial charge in [0.1, 0.15) is 0 Å². The van der Waals surface area contributed by atoms with Crippen LogP contribution in [0.2, 0.25) is 0 Å². The average Bonchev–Trinajstić information content (AvgIpc) is 2.36. The molecule has 1 aliphatic heterocycles. The van der Waals surface area contributed by atoms with E-state index in [2.05, 4.69) is 36.5 Å². The highest BCUT2D eigenvalue weighted by molar-refractivity contribution is 5.50. The molecule has 0 unspecified atom stereocenters. The Balaban J connectivity index is 0.000000606. The molecule has 0 aliphatic carbocycles. The van der Waals surface area contributed by atoms with Crippen molar-refractivity contribution in [2.24, 2.45) is 0 Å². The molecule has 0 saturated carbocycles. The Morgan fingerprint density at radius 1 is 1.12 bits per heavy atom. The van der Waals surface area contributed by atoms with Crippen LogP contribution in [0.3, 0.4) is 0 Å². The lowest BCUT2D eigenvalue weighted by Gasteiger charge is -2.24. The van der Waals surface area contributed by atoms with Crippen molar-refractivity contribution in [2.45, 2.75) is 39.7 Å². The van der Waals surface area contributed by atoms with Crippen LogP contribution < -0.4 is 5.32 Å². The maximum Gasteiger partial charge on any atom is 0.0485 e. The number of benzene rings is 1. The molecule has 0 spiro atoms. The quantitative estimate of drug-likeness (QED) is 0.823. The molecular formula is C14H23NO. The summed E-state index contributed by atoms with van der Waals surface area (Å²) in [6.07, 6.45) is 2.24. The van der Waals surface area contributed by atoms with Crippen molar-refractivity contribution in [1.29, 1.82) is 0 Å². The van der Waals surface area contributed by atoms with Gasteiger partial charge in [0, 0.05) is 24.9 Å². The van der Waals surface area contributed by atoms with E-state index in [9.17, 15) is 0 Å². The van der Waals surface area contributed by atoms with Gasteiger partial charge in [0.05, 0.1) is 0 Å². The summed E-state index contributed by atoms with van der Waals surface area (Å²) in [5.41, 5.74) is 2.58. The number of nitrogens with one attached hydrogen (secondary N) is 1. The van der Waals surface area contributed by atoms with Crippen LogP contribution in [-0.2, 0) is 4.74 Å². The van der Waals surface area contributed by atoms with Crippen LogP contribution >= 0.6 is 0 Å². The molecule has 1 aliphatic rings. The third-order valence-electron chi connectivity index (χ3n) is 2.73. The molecule has 1 N–H and O–H groups in total. The number of aryl methyl sites for hydroxylation is 1. The maximum absolute atomic E-state index is 5.33. The van der Waals surface area contributed by atoms with Crippen molar-refractivity contribution >= 4 is 5.69 Å². The van der Waals surface area contributed by atoms with E-state index < -0.39 is 0 Å². The molecule has 0 radical (unpaired) electrons. The Labute approximate surface area is 99.0 Å². The van der Waals surface area contributed by atoms with Crippen molar-refractivity contribution in [3.63, 3.8) is 0 Å². The third kappa shape index (κ3) is 3.86. The van der Waals surface area contributed by atoms with Gasteiger partial charge >= 0.3 is 0 Å². The van der Waals surface area contributed by atoms with E-state index in [0.717, 1.165) is 26.1 Å². The molecule has 1 aromatic carbocycles. The van der Waals surface area contributed by atoms with Gasteiger partial charge in [0.25, 0.3) is 0 Å². The first-order valence-electron chi connectivity index (χ1n) is 6.26. The van der Waals surface area contributed by atoms with Crippen molar-refractivity contribution in [1.82, 2.24) is 0 Å². The van der Waals surface area contributed by atoms with Crippen molar-refractivity contribution in [2.75, 3.05) is 18.5 Å². The summed E-state index contributed by atoms with van der Waals surface area (Å²) in [6.45, 7) is 7.93. The van der Waals surface area contributed by atoms with E-state index >= 15 is 0 Å². The molecule has 1 fully saturated rings. The molecule has 1 heterocycles. The van der Waals surface area contributed by atoms with Gasteiger partial charge in [-0.1, -0.05) is 32.0 Å². The van der Waals surface area contributed by atoms with Gasteiger partial charge in [0.2, 0.25) is 0 Å². The van der Waals surface area contributed by atoms with Crippen molar-refractivity contribution in [3.8, 4) is 0 Å². The van der Waals surface area contributed by atoms with Crippen LogP contribution in [0.5, 0.6) is 0 Å². The number of hydrogen-bond donors (Lipinski definition) is 1. The summed E-state index contributed by atoms with van der Waals surface area (Å²) in [5.74, 6) is 0. The Kier molecular flexibility index (Phi) is 5.94. The lowest BCUT2D eigenvalue weighted by Crippen LogP contribution is -2.28. The minimum Gasteiger partial charge on any atom is -0.382 e. The number of rotatable bonds is 2. The first kappa shape index (κ1) is 13.0. The molecule has 0 bridgehead atoms. The fourth-order valence-electron chi connectivity index (χ4n) is 1.80. The second-order valence-electron chi connectivity index (χ2n) is 3.85. The summed E-state index contributed by atoms with van der Waals surface area (Å²) in [4.78, 5) is 0. The summed E-state index contributed by atoms with van der Waals surface area (Å²) < 4.78 is 5.33. The van der Waals surface area contributed by atoms with Gasteiger partial charge < -0.3 is 10.1 Å². The topological polar surface area (TPSA) is 21.3 Å². The highest BCUT2D eigenvalue weighted by Crippen LogP contribution is 2.18. The van der Waals surface area contributed by atoms with Gasteiger partial charge in [-0.2, -0.15) is 0 Å². The summed E-state index contributed by atoms with van der Waals surface area (Å²) in [6, 6.07) is 9.02. The van der Waals surface area contributed by atoms with Gasteiger partial charge in [-0.25, -0.2) is 0 Å². The highest BCUT2D eigenvalue weighted by atomic mass is 16.5. The minimum atomic E-state index is 0.588. The smallest absolute Gasteiger partial charge is 0.0485 e. The zero-order valence-electron chi connectivity index (χ0n) is 10.6. The molecule has 0 amide bonds. The SMILES string of the molecule is CC.Cc1ccccc1NC1CCOCC1. The maximum atomic E-state index is 5.33. The Bertz CT molecular complexity index is 293. The summed E-state index contributed by atoms with van der Waals surface area (Å²) >= 11 is 0. The fraction of sp³-hybridized carbons (Fsp3) is 0.571. The predicted octanol–water partition coefficient (Wildman–Crippen LogP) is 3.61. The number of hydrogen-bond acceptors (Lipinski definition) is 2. The summed E-state index contributed by atoms with van der Waals surface area (Å²) in [5, 5.41) is 3.57. The standard InChI is InChI=1S/C12H17NO.C2H6/c1-10-4-2-3-5-12(10)13-11-6-8-14-9-7-11;1-2/h2-5,11,13H,6-9H2,1H3;1-2H3. The fourth-order valence-corrected chi connectivity index (χ4v) is 1.80. The highest BCUT2D eigenvalue weighted by Gasteiger charge is 2.13. The van der Waals surface area contributed by atoms with E-state index in [-0.39, 0.29) is 0 Å². The van der Waals surface area contributed by atoms with E-state index in [1.807, 2.05) is 13.8 Å². The zero-order chi connectivity index (χ0) is 11.8. The van der Waals surface area contributed by atoms with E-state index in [0.29, 0.717) is 6.04 Å². The lowest BCUT2D eigenvalue weighted by molar-refractivity contribution is 0.0904. The first-order valence-corrected chi connectivity index (χ1v) is 6.26. The Morgan fingerprint density at radius 2 is 1.75 bits per heavy atom. The van der Waals surface area contributed by atoms with Gasteiger partial charge in [0.15, 0.2) is 0 Å². The third-order valence-corrected chi connectivity index (χ3v) is 2.73. The average molecular weight is 221 g/mol. The van der Waals surface area contributed by atoms with Crippen LogP contribution in [0.1, 0.15) is 32.3 Å². The molecule has 1 saturated heterocycles. The monoisotopic (exact) mass is 221 g/mol. The zero-order valence-corrected chi connectivity index (χ0v) is 10.6. The van der Waals surface area contributed by atoms with E-state index in [1.165, 1.54) is 11.3 Å². The van der Waals surface area contributed by atoms with Crippen LogP contribution in [0, 0.1) is 6.92 Å². The van der Waals surface area contributed by atoms with Crippen LogP contribution in [0.15, 0.2) is 24.3 Å². The number of anilines is 1. The summed E-state index contributed by atoms with van der Waals surface area (Å²) in [7, 11) is 0. The first-order chi connectivity index (χ1) is 7.86.